The maximum atomic E-state index is 12.2. The minimum absolute atomic E-state index is 0.0426. The molecule has 2 aromatic rings. The lowest BCUT2D eigenvalue weighted by molar-refractivity contribution is -0.116. The van der Waals surface area contributed by atoms with Gasteiger partial charge in [0.15, 0.2) is 0 Å². The predicted molar refractivity (Wildman–Crippen MR) is 114 cm³/mol. The minimum Gasteiger partial charge on any atom is -0.494 e. The molecule has 0 bridgehead atoms. The van der Waals surface area contributed by atoms with Gasteiger partial charge in [0.2, 0.25) is 11.8 Å². The van der Waals surface area contributed by atoms with E-state index in [4.69, 9.17) is 4.74 Å². The first-order valence-corrected chi connectivity index (χ1v) is 9.69. The summed E-state index contributed by atoms with van der Waals surface area (Å²) in [7, 11) is 0. The number of benzene rings is 2. The fraction of sp³-hybridized carbons (Fsp3) is 0.364. The summed E-state index contributed by atoms with van der Waals surface area (Å²) in [5, 5.41) is 8.81. The Morgan fingerprint density at radius 3 is 2.54 bits per heavy atom. The van der Waals surface area contributed by atoms with Gasteiger partial charge in [-0.2, -0.15) is 0 Å². The number of carbonyl (C=O) groups excluding carboxylic acids is 2. The first kappa shape index (κ1) is 21.3. The molecule has 2 rings (SSSR count). The largest absolute Gasteiger partial charge is 0.494 e. The lowest BCUT2D eigenvalue weighted by atomic mass is 10.1. The Labute approximate surface area is 166 Å². The van der Waals surface area contributed by atoms with Crippen LogP contribution >= 0.6 is 0 Å². The van der Waals surface area contributed by atoms with Crippen molar-refractivity contribution in [3.63, 3.8) is 0 Å². The van der Waals surface area contributed by atoms with Gasteiger partial charge in [0.05, 0.1) is 13.2 Å². The number of nitrogens with one attached hydrogen (secondary N) is 3. The fourth-order valence-electron chi connectivity index (χ4n) is 2.49. The van der Waals surface area contributed by atoms with Gasteiger partial charge in [0, 0.05) is 29.5 Å². The number of carbonyl (C=O) groups is 2. The average Bonchev–Trinajstić information content (AvgIpc) is 2.69. The van der Waals surface area contributed by atoms with Crippen LogP contribution in [0.4, 0.5) is 17.1 Å². The Hall–Kier alpha value is -3.02. The molecule has 2 amide bonds. The zero-order valence-corrected chi connectivity index (χ0v) is 16.8. The molecule has 0 aromatic heterocycles. The van der Waals surface area contributed by atoms with Crippen LogP contribution in [-0.2, 0) is 9.59 Å². The van der Waals surface area contributed by atoms with Crippen molar-refractivity contribution >= 4 is 28.9 Å². The summed E-state index contributed by atoms with van der Waals surface area (Å²) in [4.78, 5) is 23.9. The summed E-state index contributed by atoms with van der Waals surface area (Å²) in [6.45, 7) is 6.63. The molecule has 0 aliphatic carbocycles. The van der Waals surface area contributed by atoms with Gasteiger partial charge in [-0.25, -0.2) is 0 Å². The molecule has 3 N–H and O–H groups in total. The summed E-state index contributed by atoms with van der Waals surface area (Å²) >= 11 is 0. The van der Waals surface area contributed by atoms with Crippen molar-refractivity contribution in [1.29, 1.82) is 0 Å². The van der Waals surface area contributed by atoms with Gasteiger partial charge < -0.3 is 20.7 Å². The minimum atomic E-state index is -0.162. The van der Waals surface area contributed by atoms with Crippen molar-refractivity contribution in [3.05, 3.63) is 48.0 Å². The van der Waals surface area contributed by atoms with Crippen LogP contribution in [0.2, 0.25) is 0 Å². The molecular weight excluding hydrogens is 354 g/mol. The molecule has 0 spiro atoms. The normalized spacial score (nSPS) is 10.2. The van der Waals surface area contributed by atoms with Crippen molar-refractivity contribution in [2.45, 2.75) is 40.0 Å². The lowest BCUT2D eigenvalue weighted by Crippen LogP contribution is -2.22. The van der Waals surface area contributed by atoms with Crippen molar-refractivity contribution in [1.82, 2.24) is 0 Å². The second-order valence-corrected chi connectivity index (χ2v) is 6.56. The standard InChI is InChI=1S/C22H29N3O3/c1-4-6-12-28-19-9-7-8-18(13-19)24-22(27)15-23-17-11-10-16(3)20(14-17)25-21(26)5-2/h7-11,13-14,23H,4-6,12,15H2,1-3H3,(H,24,27)(H,25,26). The number of hydrogen-bond acceptors (Lipinski definition) is 4. The van der Waals surface area contributed by atoms with E-state index in [1.165, 1.54) is 0 Å². The maximum absolute atomic E-state index is 12.2. The van der Waals surface area contributed by atoms with Crippen LogP contribution in [0.3, 0.4) is 0 Å². The first-order chi connectivity index (χ1) is 13.5. The number of unbranched alkanes of at least 4 members (excludes halogenated alkanes) is 1. The molecule has 0 saturated carbocycles. The van der Waals surface area contributed by atoms with E-state index in [1.54, 1.807) is 6.92 Å². The smallest absolute Gasteiger partial charge is 0.243 e. The average molecular weight is 383 g/mol. The summed E-state index contributed by atoms with van der Waals surface area (Å²) in [5.41, 5.74) is 3.18. The molecule has 150 valence electrons. The van der Waals surface area contributed by atoms with Crippen LogP contribution in [0, 0.1) is 6.92 Å². The molecular formula is C22H29N3O3. The van der Waals surface area contributed by atoms with E-state index in [1.807, 2.05) is 49.4 Å². The topological polar surface area (TPSA) is 79.5 Å². The molecule has 0 aliphatic heterocycles. The van der Waals surface area contributed by atoms with Crippen LogP contribution in [0.25, 0.3) is 0 Å². The molecule has 0 aliphatic rings. The van der Waals surface area contributed by atoms with Crippen molar-refractivity contribution in [2.75, 3.05) is 29.1 Å². The van der Waals surface area contributed by atoms with Crippen LogP contribution in [0.5, 0.6) is 5.75 Å². The molecule has 0 heterocycles. The molecule has 0 radical (unpaired) electrons. The highest BCUT2D eigenvalue weighted by Crippen LogP contribution is 2.21. The monoisotopic (exact) mass is 383 g/mol. The highest BCUT2D eigenvalue weighted by molar-refractivity contribution is 5.94. The van der Waals surface area contributed by atoms with E-state index < -0.39 is 0 Å². The molecule has 0 fully saturated rings. The third-order valence-corrected chi connectivity index (χ3v) is 4.17. The van der Waals surface area contributed by atoms with Crippen LogP contribution in [0.1, 0.15) is 38.7 Å². The lowest BCUT2D eigenvalue weighted by Gasteiger charge is -2.12. The van der Waals surface area contributed by atoms with Gasteiger partial charge in [-0.1, -0.05) is 32.4 Å². The molecule has 28 heavy (non-hydrogen) atoms. The van der Waals surface area contributed by atoms with Crippen LogP contribution < -0.4 is 20.7 Å². The number of aryl methyl sites for hydroxylation is 1. The van der Waals surface area contributed by atoms with Gasteiger partial charge in [0.1, 0.15) is 5.75 Å². The Kier molecular flexibility index (Phi) is 8.34. The van der Waals surface area contributed by atoms with Crippen LogP contribution in [-0.4, -0.2) is 25.0 Å². The summed E-state index contributed by atoms with van der Waals surface area (Å²) in [6, 6.07) is 13.0. The summed E-state index contributed by atoms with van der Waals surface area (Å²) in [6.07, 6.45) is 2.49. The second-order valence-electron chi connectivity index (χ2n) is 6.56. The van der Waals surface area contributed by atoms with E-state index in [2.05, 4.69) is 22.9 Å². The number of hydrogen-bond donors (Lipinski definition) is 3. The quantitative estimate of drug-likeness (QED) is 0.525. The van der Waals surface area contributed by atoms with E-state index in [0.29, 0.717) is 18.7 Å². The Balaban J connectivity index is 1.89. The number of rotatable bonds is 10. The molecule has 0 atom stereocenters. The van der Waals surface area contributed by atoms with E-state index >= 15 is 0 Å². The Bertz CT molecular complexity index is 805. The van der Waals surface area contributed by atoms with Crippen LogP contribution in [0.15, 0.2) is 42.5 Å². The van der Waals surface area contributed by atoms with Gasteiger partial charge in [0.25, 0.3) is 0 Å². The molecule has 0 unspecified atom stereocenters. The molecule has 2 aromatic carbocycles. The second kappa shape index (κ2) is 11.0. The Morgan fingerprint density at radius 2 is 1.79 bits per heavy atom. The van der Waals surface area contributed by atoms with E-state index in [-0.39, 0.29) is 18.4 Å². The van der Waals surface area contributed by atoms with Gasteiger partial charge >= 0.3 is 0 Å². The SMILES string of the molecule is CCCCOc1cccc(NC(=O)CNc2ccc(C)c(NC(=O)CC)c2)c1. The fourth-order valence-corrected chi connectivity index (χ4v) is 2.49. The van der Waals surface area contributed by atoms with Crippen molar-refractivity contribution in [2.24, 2.45) is 0 Å². The number of amides is 2. The summed E-state index contributed by atoms with van der Waals surface area (Å²) in [5.74, 6) is 0.540. The third-order valence-electron chi connectivity index (χ3n) is 4.17. The van der Waals surface area contributed by atoms with Gasteiger partial charge in [-0.05, 0) is 43.2 Å². The van der Waals surface area contributed by atoms with E-state index in [9.17, 15) is 9.59 Å². The van der Waals surface area contributed by atoms with Gasteiger partial charge in [-0.15, -0.1) is 0 Å². The predicted octanol–water partition coefficient (Wildman–Crippen LogP) is 4.57. The maximum Gasteiger partial charge on any atom is 0.243 e. The van der Waals surface area contributed by atoms with Crippen molar-refractivity contribution in [3.8, 4) is 5.75 Å². The third kappa shape index (κ3) is 6.95. The summed E-state index contributed by atoms with van der Waals surface area (Å²) < 4.78 is 5.66. The van der Waals surface area contributed by atoms with Gasteiger partial charge in [-0.3, -0.25) is 9.59 Å². The molecule has 0 saturated heterocycles. The zero-order chi connectivity index (χ0) is 20.4. The molecule has 6 heteroatoms. The number of ether oxygens (including phenoxy) is 1. The Morgan fingerprint density at radius 1 is 0.964 bits per heavy atom. The molecule has 6 nitrogen and oxygen atoms in total. The highest BCUT2D eigenvalue weighted by atomic mass is 16.5. The van der Waals surface area contributed by atoms with E-state index in [0.717, 1.165) is 35.5 Å². The first-order valence-electron chi connectivity index (χ1n) is 9.69. The zero-order valence-electron chi connectivity index (χ0n) is 16.8. The van der Waals surface area contributed by atoms with Crippen molar-refractivity contribution < 1.29 is 14.3 Å². The highest BCUT2D eigenvalue weighted by Gasteiger charge is 2.07. The number of anilines is 3.